The number of hydrogen-bond acceptors (Lipinski definition) is 3. The monoisotopic (exact) mass is 398 g/mol. The van der Waals surface area contributed by atoms with Gasteiger partial charge < -0.3 is 4.98 Å². The number of H-pyrrole nitrogens is 1. The molecule has 0 amide bonds. The number of aromatic amines is 1. The van der Waals surface area contributed by atoms with Crippen LogP contribution in [0.3, 0.4) is 0 Å². The van der Waals surface area contributed by atoms with E-state index in [0.29, 0.717) is 5.56 Å². The molecule has 2 aromatic carbocycles. The first-order chi connectivity index (χ1) is 12.6. The number of benzene rings is 2. The highest BCUT2D eigenvalue weighted by Gasteiger charge is 2.22. The lowest BCUT2D eigenvalue weighted by atomic mass is 10.0. The first kappa shape index (κ1) is 19.1. The van der Waals surface area contributed by atoms with Crippen LogP contribution in [0.15, 0.2) is 41.3 Å². The number of nitrogens with zero attached hydrogens (tertiary/aromatic N) is 1. The summed E-state index contributed by atoms with van der Waals surface area (Å²) in [6.07, 6.45) is -2.07. The van der Waals surface area contributed by atoms with E-state index in [2.05, 4.69) is 9.97 Å². The molecule has 0 fully saturated rings. The highest BCUT2D eigenvalue weighted by Crippen LogP contribution is 2.34. The summed E-state index contributed by atoms with van der Waals surface area (Å²) >= 11 is 0. The number of alkyl halides is 2. The Morgan fingerprint density at radius 1 is 1.00 bits per heavy atom. The number of rotatable bonds is 4. The number of sulfone groups is 1. The summed E-state index contributed by atoms with van der Waals surface area (Å²) in [7, 11) is -3.79. The van der Waals surface area contributed by atoms with E-state index in [0.717, 1.165) is 24.5 Å². The fraction of sp³-hybridized carbons (Fsp3) is 0.167. The SMILES string of the molecule is Cc1ccc(-c2[nH]c(C(F)F)nc2-c2ccc(S(C)(=O)=O)c(F)c2)cc1F. The molecule has 0 bridgehead atoms. The van der Waals surface area contributed by atoms with Crippen molar-refractivity contribution < 1.29 is 26.0 Å². The topological polar surface area (TPSA) is 62.8 Å². The van der Waals surface area contributed by atoms with Crippen LogP contribution in [0.4, 0.5) is 17.6 Å². The van der Waals surface area contributed by atoms with E-state index >= 15 is 0 Å². The summed E-state index contributed by atoms with van der Waals surface area (Å²) in [6.45, 7) is 1.55. The molecule has 0 aliphatic heterocycles. The summed E-state index contributed by atoms with van der Waals surface area (Å²) in [5, 5.41) is 0. The van der Waals surface area contributed by atoms with Gasteiger partial charge in [-0.1, -0.05) is 18.2 Å². The van der Waals surface area contributed by atoms with Crippen LogP contribution < -0.4 is 0 Å². The number of halogens is 4. The van der Waals surface area contributed by atoms with Crippen molar-refractivity contribution >= 4 is 9.84 Å². The van der Waals surface area contributed by atoms with Gasteiger partial charge in [0, 0.05) is 17.4 Å². The molecule has 0 atom stereocenters. The van der Waals surface area contributed by atoms with E-state index < -0.39 is 38.6 Å². The lowest BCUT2D eigenvalue weighted by Crippen LogP contribution is -2.01. The number of hydrogen-bond donors (Lipinski definition) is 1. The quantitative estimate of drug-likeness (QED) is 0.650. The van der Waals surface area contributed by atoms with Gasteiger partial charge in [0.2, 0.25) is 0 Å². The fourth-order valence-corrected chi connectivity index (χ4v) is 3.34. The standard InChI is InChI=1S/C18H14F4N2O2S/c1-9-3-4-10(7-12(9)19)15-16(24-18(23-15)17(21)22)11-5-6-14(13(20)8-11)27(2,25)26/h3-8,17H,1-2H3,(H,23,24). The highest BCUT2D eigenvalue weighted by molar-refractivity contribution is 7.90. The predicted octanol–water partition coefficient (Wildman–Crippen LogP) is 4.67. The second kappa shape index (κ2) is 6.80. The number of aromatic nitrogens is 2. The van der Waals surface area contributed by atoms with E-state index in [1.807, 2.05) is 0 Å². The maximum absolute atomic E-state index is 14.2. The largest absolute Gasteiger partial charge is 0.337 e. The van der Waals surface area contributed by atoms with Crippen LogP contribution in [0.2, 0.25) is 0 Å². The molecule has 1 aromatic heterocycles. The molecule has 0 aliphatic rings. The maximum atomic E-state index is 14.2. The maximum Gasteiger partial charge on any atom is 0.295 e. The second-order valence-corrected chi connectivity index (χ2v) is 8.01. The Morgan fingerprint density at radius 2 is 1.63 bits per heavy atom. The first-order valence-electron chi connectivity index (χ1n) is 7.72. The summed E-state index contributed by atoms with van der Waals surface area (Å²) < 4.78 is 77.5. The molecule has 0 aliphatic carbocycles. The molecule has 0 unspecified atom stereocenters. The molecule has 1 heterocycles. The van der Waals surface area contributed by atoms with E-state index in [9.17, 15) is 26.0 Å². The molecular weight excluding hydrogens is 384 g/mol. The summed E-state index contributed by atoms with van der Waals surface area (Å²) in [6, 6.07) is 7.35. The number of imidazole rings is 1. The van der Waals surface area contributed by atoms with Gasteiger partial charge in [-0.05, 0) is 30.7 Å². The smallest absolute Gasteiger partial charge is 0.295 e. The van der Waals surface area contributed by atoms with Crippen molar-refractivity contribution in [2.75, 3.05) is 6.26 Å². The van der Waals surface area contributed by atoms with Crippen LogP contribution in [0.25, 0.3) is 22.5 Å². The van der Waals surface area contributed by atoms with Gasteiger partial charge in [-0.3, -0.25) is 0 Å². The fourth-order valence-electron chi connectivity index (χ4n) is 2.61. The molecule has 9 heteroatoms. The van der Waals surface area contributed by atoms with Crippen LogP contribution in [0, 0.1) is 18.6 Å². The zero-order valence-corrected chi connectivity index (χ0v) is 15.0. The summed E-state index contributed by atoms with van der Waals surface area (Å²) in [4.78, 5) is 5.72. The Hall–Kier alpha value is -2.68. The average molecular weight is 398 g/mol. The lowest BCUT2D eigenvalue weighted by Gasteiger charge is -2.07. The van der Waals surface area contributed by atoms with Crippen LogP contribution >= 0.6 is 0 Å². The Morgan fingerprint density at radius 3 is 2.19 bits per heavy atom. The van der Waals surface area contributed by atoms with Gasteiger partial charge in [0.1, 0.15) is 16.5 Å². The van der Waals surface area contributed by atoms with Crippen LogP contribution in [0.1, 0.15) is 17.8 Å². The van der Waals surface area contributed by atoms with Crippen molar-refractivity contribution in [2.45, 2.75) is 18.2 Å². The molecule has 27 heavy (non-hydrogen) atoms. The Bertz CT molecular complexity index is 1120. The number of aryl methyl sites for hydroxylation is 1. The molecule has 0 radical (unpaired) electrons. The third-order valence-corrected chi connectivity index (χ3v) is 5.12. The zero-order chi connectivity index (χ0) is 19.9. The minimum Gasteiger partial charge on any atom is -0.337 e. The van der Waals surface area contributed by atoms with Crippen molar-refractivity contribution in [1.29, 1.82) is 0 Å². The Labute approximate surface area is 152 Å². The number of nitrogens with one attached hydrogen (secondary N) is 1. The summed E-state index contributed by atoms with van der Waals surface area (Å²) in [5.74, 6) is -2.23. The third kappa shape index (κ3) is 3.73. The molecule has 0 spiro atoms. The van der Waals surface area contributed by atoms with Gasteiger partial charge in [0.05, 0.1) is 11.4 Å². The third-order valence-electron chi connectivity index (χ3n) is 3.99. The van der Waals surface area contributed by atoms with E-state index in [4.69, 9.17) is 0 Å². The molecule has 0 saturated heterocycles. The molecule has 0 saturated carbocycles. The van der Waals surface area contributed by atoms with Gasteiger partial charge in [-0.2, -0.15) is 0 Å². The summed E-state index contributed by atoms with van der Waals surface area (Å²) in [5.41, 5.74) is 0.750. The van der Waals surface area contributed by atoms with Gasteiger partial charge in [0.15, 0.2) is 15.7 Å². The molecular formula is C18H14F4N2O2S. The minimum atomic E-state index is -3.79. The average Bonchev–Trinajstić information content (AvgIpc) is 3.01. The van der Waals surface area contributed by atoms with Gasteiger partial charge in [-0.25, -0.2) is 31.0 Å². The molecule has 3 aromatic rings. The van der Waals surface area contributed by atoms with Gasteiger partial charge >= 0.3 is 0 Å². The predicted molar refractivity (Wildman–Crippen MR) is 92.2 cm³/mol. The van der Waals surface area contributed by atoms with Crippen LogP contribution in [-0.2, 0) is 9.84 Å². The molecule has 142 valence electrons. The van der Waals surface area contributed by atoms with Crippen molar-refractivity contribution in [3.05, 3.63) is 59.4 Å². The van der Waals surface area contributed by atoms with E-state index in [1.54, 1.807) is 6.92 Å². The Kier molecular flexibility index (Phi) is 4.81. The molecule has 4 nitrogen and oxygen atoms in total. The van der Waals surface area contributed by atoms with Crippen LogP contribution in [-0.4, -0.2) is 24.6 Å². The normalized spacial score (nSPS) is 12.0. The zero-order valence-electron chi connectivity index (χ0n) is 14.2. The van der Waals surface area contributed by atoms with Crippen molar-refractivity contribution in [3.8, 4) is 22.5 Å². The molecule has 3 rings (SSSR count). The van der Waals surface area contributed by atoms with E-state index in [1.165, 1.54) is 18.2 Å². The lowest BCUT2D eigenvalue weighted by molar-refractivity contribution is 0.141. The van der Waals surface area contributed by atoms with Crippen molar-refractivity contribution in [3.63, 3.8) is 0 Å². The highest BCUT2D eigenvalue weighted by atomic mass is 32.2. The van der Waals surface area contributed by atoms with Gasteiger partial charge in [0.25, 0.3) is 6.43 Å². The van der Waals surface area contributed by atoms with Crippen molar-refractivity contribution in [1.82, 2.24) is 9.97 Å². The van der Waals surface area contributed by atoms with Crippen LogP contribution in [0.5, 0.6) is 0 Å². The van der Waals surface area contributed by atoms with Gasteiger partial charge in [-0.15, -0.1) is 0 Å². The first-order valence-corrected chi connectivity index (χ1v) is 9.61. The molecule has 1 N–H and O–H groups in total. The van der Waals surface area contributed by atoms with E-state index in [-0.39, 0.29) is 22.5 Å². The van der Waals surface area contributed by atoms with Crippen molar-refractivity contribution in [2.24, 2.45) is 0 Å². The minimum absolute atomic E-state index is 0.0347. The Balaban J connectivity index is 2.20. The second-order valence-electron chi connectivity index (χ2n) is 6.03.